The first-order chi connectivity index (χ1) is 18.4. The molecule has 2 heterocycles. The van der Waals surface area contributed by atoms with Crippen LogP contribution in [0, 0.1) is 0 Å². The van der Waals surface area contributed by atoms with Crippen molar-refractivity contribution in [1.82, 2.24) is 9.80 Å². The topological polar surface area (TPSA) is 79.0 Å². The van der Waals surface area contributed by atoms with Gasteiger partial charge in [0.05, 0.1) is 23.4 Å². The number of carbonyl (C=O) groups excluding carboxylic acids is 3. The molecular formula is C27H20F5N3O4. The molecule has 2 aliphatic heterocycles. The van der Waals surface area contributed by atoms with Crippen LogP contribution in [0.15, 0.2) is 72.8 Å². The van der Waals surface area contributed by atoms with Crippen molar-refractivity contribution in [3.63, 3.8) is 0 Å². The van der Waals surface area contributed by atoms with E-state index in [2.05, 4.69) is 10.1 Å². The van der Waals surface area contributed by atoms with E-state index in [1.165, 1.54) is 54.6 Å². The number of nitrogens with zero attached hydrogens (tertiary/aromatic N) is 2. The van der Waals surface area contributed by atoms with E-state index in [0.29, 0.717) is 5.56 Å². The number of anilines is 1. The zero-order valence-corrected chi connectivity index (χ0v) is 20.0. The maximum Gasteiger partial charge on any atom is 0.482 e. The fourth-order valence-electron chi connectivity index (χ4n) is 4.55. The van der Waals surface area contributed by atoms with Crippen LogP contribution in [-0.4, -0.2) is 59.3 Å². The van der Waals surface area contributed by atoms with Gasteiger partial charge >= 0.3 is 18.2 Å². The quantitative estimate of drug-likeness (QED) is 0.485. The summed E-state index contributed by atoms with van der Waals surface area (Å²) in [5.74, 6) is -3.19. The number of benzene rings is 3. The predicted octanol–water partition coefficient (Wildman–Crippen LogP) is 4.65. The predicted molar refractivity (Wildman–Crippen MR) is 129 cm³/mol. The first-order valence-electron chi connectivity index (χ1n) is 11.8. The summed E-state index contributed by atoms with van der Waals surface area (Å²) in [5.41, 5.74) is -0.191. The monoisotopic (exact) mass is 545 g/mol. The van der Waals surface area contributed by atoms with Crippen molar-refractivity contribution in [2.75, 3.05) is 25.0 Å². The van der Waals surface area contributed by atoms with E-state index in [9.17, 15) is 36.3 Å². The van der Waals surface area contributed by atoms with Crippen LogP contribution in [0.1, 0.15) is 15.9 Å². The summed E-state index contributed by atoms with van der Waals surface area (Å²) in [4.78, 5) is 41.0. The van der Waals surface area contributed by atoms with Gasteiger partial charge in [0.2, 0.25) is 5.91 Å². The molecule has 1 saturated heterocycles. The molecule has 1 N–H and O–H groups in total. The fourth-order valence-corrected chi connectivity index (χ4v) is 4.55. The number of alkyl halides is 5. The van der Waals surface area contributed by atoms with Gasteiger partial charge in [-0.25, -0.2) is 0 Å². The molecule has 0 spiro atoms. The highest BCUT2D eigenvalue weighted by Gasteiger charge is 2.49. The van der Waals surface area contributed by atoms with Crippen LogP contribution in [-0.2, 0) is 15.8 Å². The molecule has 3 aromatic rings. The molecule has 0 radical (unpaired) electrons. The molecule has 0 bridgehead atoms. The van der Waals surface area contributed by atoms with E-state index in [4.69, 9.17) is 0 Å². The first-order valence-corrected chi connectivity index (χ1v) is 11.8. The van der Waals surface area contributed by atoms with Crippen molar-refractivity contribution in [3.05, 3.63) is 83.9 Å². The number of rotatable bonds is 4. The van der Waals surface area contributed by atoms with Crippen molar-refractivity contribution >= 4 is 23.4 Å². The molecule has 12 heteroatoms. The van der Waals surface area contributed by atoms with Gasteiger partial charge in [-0.3, -0.25) is 14.4 Å². The number of nitrogens with one attached hydrogen (secondary N) is 1. The van der Waals surface area contributed by atoms with Gasteiger partial charge in [-0.05, 0) is 47.5 Å². The second kappa shape index (κ2) is 9.68. The van der Waals surface area contributed by atoms with Gasteiger partial charge in [-0.1, -0.05) is 36.4 Å². The molecular weight excluding hydrogens is 525 g/mol. The molecule has 0 saturated carbocycles. The lowest BCUT2D eigenvalue weighted by Gasteiger charge is -2.39. The Morgan fingerprint density at radius 1 is 0.872 bits per heavy atom. The summed E-state index contributed by atoms with van der Waals surface area (Å²) in [5, 5.41) is 2.57. The molecule has 7 nitrogen and oxygen atoms in total. The Balaban J connectivity index is 1.38. The molecule has 3 amide bonds. The Bertz CT molecular complexity index is 1440. The summed E-state index contributed by atoms with van der Waals surface area (Å²) < 4.78 is 73.4. The largest absolute Gasteiger partial charge is 0.482 e. The third-order valence-corrected chi connectivity index (χ3v) is 6.50. The summed E-state index contributed by atoms with van der Waals surface area (Å²) >= 11 is 0. The number of para-hydroxylation sites is 1. The van der Waals surface area contributed by atoms with Crippen molar-refractivity contribution in [2.24, 2.45) is 0 Å². The number of fused-ring (bicyclic) bond motifs is 2. The third kappa shape index (κ3) is 5.14. The van der Waals surface area contributed by atoms with Gasteiger partial charge in [0.25, 0.3) is 5.91 Å². The van der Waals surface area contributed by atoms with Gasteiger partial charge in [-0.2, -0.15) is 22.0 Å². The van der Waals surface area contributed by atoms with E-state index >= 15 is 0 Å². The zero-order chi connectivity index (χ0) is 27.9. The number of halogens is 5. The number of hydrogen-bond acceptors (Lipinski definition) is 4. The lowest BCUT2D eigenvalue weighted by Crippen LogP contribution is -2.62. The van der Waals surface area contributed by atoms with E-state index in [0.717, 1.165) is 21.9 Å². The summed E-state index contributed by atoms with van der Waals surface area (Å²) in [6.07, 6.45) is -8.77. The van der Waals surface area contributed by atoms with Gasteiger partial charge < -0.3 is 19.9 Å². The van der Waals surface area contributed by atoms with E-state index in [-0.39, 0.29) is 35.7 Å². The number of hydrogen-bond donors (Lipinski definition) is 1. The highest BCUT2D eigenvalue weighted by molar-refractivity contribution is 6.11. The van der Waals surface area contributed by atoms with Gasteiger partial charge in [0.15, 0.2) is 0 Å². The molecule has 1 fully saturated rings. The van der Waals surface area contributed by atoms with Crippen molar-refractivity contribution in [1.29, 1.82) is 0 Å². The van der Waals surface area contributed by atoms with Crippen LogP contribution < -0.4 is 10.1 Å². The minimum absolute atomic E-state index is 0.0262. The normalized spacial score (nSPS) is 17.6. The van der Waals surface area contributed by atoms with Gasteiger partial charge in [0, 0.05) is 13.1 Å². The summed E-state index contributed by atoms with van der Waals surface area (Å²) in [6.45, 7) is -1.01. The third-order valence-electron chi connectivity index (χ3n) is 6.50. The van der Waals surface area contributed by atoms with Gasteiger partial charge in [-0.15, -0.1) is 0 Å². The smallest absolute Gasteiger partial charge is 0.425 e. The number of ether oxygens (including phenoxy) is 1. The fraction of sp³-hybridized carbons (Fsp3) is 0.222. The van der Waals surface area contributed by atoms with E-state index in [1.54, 1.807) is 6.07 Å². The molecule has 1 atom stereocenters. The molecule has 0 aliphatic carbocycles. The molecule has 3 aromatic carbocycles. The summed E-state index contributed by atoms with van der Waals surface area (Å²) in [6, 6.07) is 14.6. The number of carbonyl (C=O) groups is 3. The standard InChI is InChI=1S/C27H20F5N3O4/c28-26(29,30)18-6-4-5-16(13-18)17-9-10-21-20(14-17)24(37)35-12-11-34(15-22(35)23(36)33-21)25(38)27(31,32)39-19-7-2-1-3-8-19/h1-10,13-14,22H,11-12,15H2,(H,33,36). The van der Waals surface area contributed by atoms with Crippen molar-refractivity contribution in [3.8, 4) is 16.9 Å². The molecule has 39 heavy (non-hydrogen) atoms. The lowest BCUT2D eigenvalue weighted by molar-refractivity contribution is -0.205. The number of amides is 3. The molecule has 2 aliphatic rings. The Labute approximate surface area is 218 Å². The second-order valence-electron chi connectivity index (χ2n) is 9.03. The van der Waals surface area contributed by atoms with E-state index < -0.39 is 48.2 Å². The number of piperazine rings is 1. The van der Waals surface area contributed by atoms with Gasteiger partial charge in [0.1, 0.15) is 11.8 Å². The van der Waals surface area contributed by atoms with Crippen LogP contribution in [0.3, 0.4) is 0 Å². The Morgan fingerprint density at radius 2 is 1.59 bits per heavy atom. The highest BCUT2D eigenvalue weighted by atomic mass is 19.4. The lowest BCUT2D eigenvalue weighted by atomic mass is 9.99. The first kappa shape index (κ1) is 26.1. The maximum atomic E-state index is 14.6. The Hall–Kier alpha value is -4.48. The van der Waals surface area contributed by atoms with Crippen LogP contribution >= 0.6 is 0 Å². The Morgan fingerprint density at radius 3 is 2.31 bits per heavy atom. The average molecular weight is 545 g/mol. The highest BCUT2D eigenvalue weighted by Crippen LogP contribution is 2.35. The van der Waals surface area contributed by atoms with Crippen molar-refractivity contribution in [2.45, 2.75) is 18.3 Å². The second-order valence-corrected chi connectivity index (χ2v) is 9.03. The molecule has 5 rings (SSSR count). The van der Waals surface area contributed by atoms with Crippen molar-refractivity contribution < 1.29 is 41.1 Å². The molecule has 0 aromatic heterocycles. The van der Waals surface area contributed by atoms with Crippen LogP contribution in [0.25, 0.3) is 11.1 Å². The SMILES string of the molecule is O=C1Nc2ccc(-c3cccc(C(F)(F)F)c3)cc2C(=O)N2CCN(C(=O)C(F)(F)Oc3ccccc3)CC12. The molecule has 202 valence electrons. The molecule has 1 unspecified atom stereocenters. The average Bonchev–Trinajstić information content (AvgIpc) is 3.01. The Kier molecular flexibility index (Phi) is 6.49. The zero-order valence-electron chi connectivity index (χ0n) is 20.0. The summed E-state index contributed by atoms with van der Waals surface area (Å²) in [7, 11) is 0. The van der Waals surface area contributed by atoms with Crippen LogP contribution in [0.2, 0.25) is 0 Å². The minimum atomic E-state index is -4.56. The van der Waals surface area contributed by atoms with Crippen LogP contribution in [0.5, 0.6) is 5.75 Å². The van der Waals surface area contributed by atoms with Crippen LogP contribution in [0.4, 0.5) is 27.6 Å². The maximum absolute atomic E-state index is 14.6. The minimum Gasteiger partial charge on any atom is -0.425 e. The van der Waals surface area contributed by atoms with E-state index in [1.807, 2.05) is 0 Å².